The van der Waals surface area contributed by atoms with Crippen LogP contribution in [0.25, 0.3) is 0 Å². The molecular weight excluding hydrogens is 484 g/mol. The third kappa shape index (κ3) is 16.9. The van der Waals surface area contributed by atoms with E-state index in [0.717, 1.165) is 24.8 Å². The monoisotopic (exact) mass is 526 g/mol. The number of esters is 3. The van der Waals surface area contributed by atoms with Crippen molar-refractivity contribution in [3.8, 4) is 11.8 Å². The van der Waals surface area contributed by atoms with Gasteiger partial charge in [-0.25, -0.2) is 9.59 Å². The lowest BCUT2D eigenvalue weighted by Gasteiger charge is -2.12. The van der Waals surface area contributed by atoms with Crippen LogP contribution in [-0.4, -0.2) is 52.5 Å². The summed E-state index contributed by atoms with van der Waals surface area (Å²) in [5.41, 5.74) is 2.04. The highest BCUT2D eigenvalue weighted by atomic mass is 16.5. The van der Waals surface area contributed by atoms with Gasteiger partial charge in [-0.15, -0.1) is 0 Å². The highest BCUT2D eigenvalue weighted by Crippen LogP contribution is 2.12. The van der Waals surface area contributed by atoms with Gasteiger partial charge in [0.2, 0.25) is 0 Å². The second kappa shape index (κ2) is 21.5. The van der Waals surface area contributed by atoms with Gasteiger partial charge in [-0.3, -0.25) is 4.79 Å². The van der Waals surface area contributed by atoms with Crippen LogP contribution in [0.2, 0.25) is 0 Å². The molecule has 0 aromatic heterocycles. The quantitative estimate of drug-likeness (QED) is 0.0522. The van der Waals surface area contributed by atoms with E-state index in [-0.39, 0.29) is 24.4 Å². The van der Waals surface area contributed by atoms with Crippen molar-refractivity contribution in [3.05, 3.63) is 71.4 Å². The first-order valence-corrected chi connectivity index (χ1v) is 12.5. The average Bonchev–Trinajstić information content (AvgIpc) is 2.92. The van der Waals surface area contributed by atoms with E-state index >= 15 is 0 Å². The molecule has 0 aliphatic carbocycles. The molecule has 7 heteroatoms. The van der Waals surface area contributed by atoms with Gasteiger partial charge in [0, 0.05) is 25.2 Å². The summed E-state index contributed by atoms with van der Waals surface area (Å²) < 4.78 is 19.5. The van der Waals surface area contributed by atoms with Crippen molar-refractivity contribution in [1.29, 1.82) is 0 Å². The molecule has 0 aromatic carbocycles. The summed E-state index contributed by atoms with van der Waals surface area (Å²) in [5.74, 6) is 5.10. The number of allylic oxidation sites excluding steroid dienone is 8. The van der Waals surface area contributed by atoms with Gasteiger partial charge < -0.3 is 18.9 Å². The summed E-state index contributed by atoms with van der Waals surface area (Å²) in [7, 11) is 5.60. The van der Waals surface area contributed by atoms with Crippen molar-refractivity contribution >= 4 is 17.9 Å². The van der Waals surface area contributed by atoms with Crippen molar-refractivity contribution in [2.45, 2.75) is 59.0 Å². The molecule has 0 unspecified atom stereocenters. The molecule has 208 valence electrons. The van der Waals surface area contributed by atoms with Gasteiger partial charge in [0.1, 0.15) is 0 Å². The summed E-state index contributed by atoms with van der Waals surface area (Å²) in [5, 5.41) is 0. The Morgan fingerprint density at radius 2 is 1.61 bits per heavy atom. The molecule has 0 aliphatic rings. The van der Waals surface area contributed by atoms with E-state index in [1.807, 2.05) is 31.2 Å². The molecule has 38 heavy (non-hydrogen) atoms. The fourth-order valence-corrected chi connectivity index (χ4v) is 2.97. The molecule has 7 nitrogen and oxygen atoms in total. The molecule has 0 aliphatic heterocycles. The fraction of sp³-hybridized carbons (Fsp3) is 0.452. The number of rotatable bonds is 15. The smallest absolute Gasteiger partial charge is 0.333 e. The Morgan fingerprint density at radius 3 is 2.24 bits per heavy atom. The number of carbonyl (C=O) groups is 3. The number of hydrogen-bond acceptors (Lipinski definition) is 7. The minimum absolute atomic E-state index is 0.0103. The zero-order valence-electron chi connectivity index (χ0n) is 23.7. The maximum absolute atomic E-state index is 11.5. The number of carbonyl (C=O) groups excluding carboxylic acids is 3. The van der Waals surface area contributed by atoms with E-state index in [2.05, 4.69) is 45.1 Å². The molecule has 0 aromatic rings. The Kier molecular flexibility index (Phi) is 19.4. The number of unbranched alkanes of at least 4 members (excludes halogenated alkanes) is 1. The Bertz CT molecular complexity index is 997. The Balaban J connectivity index is 4.57. The van der Waals surface area contributed by atoms with E-state index in [1.54, 1.807) is 26.2 Å². The second-order valence-electron chi connectivity index (χ2n) is 8.52. The average molecular weight is 527 g/mol. The van der Waals surface area contributed by atoms with Crippen LogP contribution in [0.1, 0.15) is 52.9 Å². The van der Waals surface area contributed by atoms with Crippen molar-refractivity contribution in [2.24, 2.45) is 5.92 Å². The normalized spacial score (nSPS) is 14.3. The highest BCUT2D eigenvalue weighted by molar-refractivity contribution is 5.88. The van der Waals surface area contributed by atoms with Crippen molar-refractivity contribution in [3.63, 3.8) is 0 Å². The first kappa shape index (κ1) is 34.4. The molecule has 2 atom stereocenters. The fourth-order valence-electron chi connectivity index (χ4n) is 2.97. The summed E-state index contributed by atoms with van der Waals surface area (Å²) in [6.45, 7) is 5.70. The van der Waals surface area contributed by atoms with Crippen LogP contribution in [0.4, 0.5) is 0 Å². The van der Waals surface area contributed by atoms with Crippen LogP contribution in [0.3, 0.4) is 0 Å². The number of ether oxygens (including phenoxy) is 4. The Hall–Kier alpha value is -3.63. The van der Waals surface area contributed by atoms with Gasteiger partial charge >= 0.3 is 17.9 Å². The molecule has 0 rings (SSSR count). The molecular formula is C31H42O7. The van der Waals surface area contributed by atoms with Crippen LogP contribution in [-0.2, 0) is 33.3 Å². The van der Waals surface area contributed by atoms with Gasteiger partial charge in [-0.1, -0.05) is 61.3 Å². The van der Waals surface area contributed by atoms with Gasteiger partial charge in [0.05, 0.1) is 33.9 Å². The lowest BCUT2D eigenvalue weighted by atomic mass is 10.0. The van der Waals surface area contributed by atoms with Gasteiger partial charge in [0.25, 0.3) is 0 Å². The topological polar surface area (TPSA) is 88.1 Å². The van der Waals surface area contributed by atoms with E-state index in [4.69, 9.17) is 4.74 Å². The maximum atomic E-state index is 11.5. The second-order valence-corrected chi connectivity index (χ2v) is 8.52. The van der Waals surface area contributed by atoms with E-state index in [1.165, 1.54) is 27.4 Å². The largest absolute Gasteiger partial charge is 0.469 e. The molecule has 0 amide bonds. The van der Waals surface area contributed by atoms with Gasteiger partial charge in [-0.05, 0) is 56.3 Å². The number of hydrogen-bond donors (Lipinski definition) is 0. The summed E-state index contributed by atoms with van der Waals surface area (Å²) >= 11 is 0. The Labute approximate surface area is 227 Å². The molecule has 0 saturated heterocycles. The lowest BCUT2D eigenvalue weighted by molar-refractivity contribution is -0.139. The van der Waals surface area contributed by atoms with Crippen molar-refractivity contribution in [2.75, 3.05) is 28.4 Å². The number of methoxy groups -OCH3 is 4. The van der Waals surface area contributed by atoms with Crippen LogP contribution >= 0.6 is 0 Å². The molecule has 0 heterocycles. The van der Waals surface area contributed by atoms with Crippen LogP contribution < -0.4 is 0 Å². The first-order chi connectivity index (χ1) is 18.2. The lowest BCUT2D eigenvalue weighted by Crippen LogP contribution is -2.11. The molecule has 0 fully saturated rings. The molecule has 0 N–H and O–H groups in total. The highest BCUT2D eigenvalue weighted by Gasteiger charge is 2.08. The standard InChI is InChI=1S/C31H42O7/c1-24(18-21-27(22-29(32)36-5)23-30(33)37-6)16-14-12-10-8-9-11-13-15-17-28(35-4)25(2)19-20-26(3)31(34)38-7/h9,11-12,14,18-22,24,28H,8,10,16-17,23H2,1-7H3/b11-9-,14-12+,21-18+,25-19+,26-20+,27-22-/t24-,28+/m0/s1. The minimum atomic E-state index is -0.510. The zero-order chi connectivity index (χ0) is 28.8. The van der Waals surface area contributed by atoms with Gasteiger partial charge in [-0.2, -0.15) is 0 Å². The van der Waals surface area contributed by atoms with Crippen LogP contribution in [0.15, 0.2) is 71.4 Å². The predicted molar refractivity (Wildman–Crippen MR) is 150 cm³/mol. The Morgan fingerprint density at radius 1 is 0.895 bits per heavy atom. The molecule has 0 saturated carbocycles. The van der Waals surface area contributed by atoms with Crippen molar-refractivity contribution in [1.82, 2.24) is 0 Å². The molecule has 0 spiro atoms. The molecule has 0 radical (unpaired) electrons. The SMILES string of the molecule is COC(=O)/C=C(/C=C/[C@@H](C)C/C=C/CC/C=C\C#CC[C@@H](OC)/C(C)=C/C=C(\C)C(=O)OC)CC(=O)OC. The summed E-state index contributed by atoms with van der Waals surface area (Å²) in [6.07, 6.45) is 19.7. The summed E-state index contributed by atoms with van der Waals surface area (Å²) in [6, 6.07) is 0. The van der Waals surface area contributed by atoms with E-state index in [0.29, 0.717) is 17.6 Å². The van der Waals surface area contributed by atoms with E-state index < -0.39 is 11.9 Å². The third-order valence-corrected chi connectivity index (χ3v) is 5.38. The summed E-state index contributed by atoms with van der Waals surface area (Å²) in [4.78, 5) is 34.5. The maximum Gasteiger partial charge on any atom is 0.333 e. The zero-order valence-corrected chi connectivity index (χ0v) is 23.7. The van der Waals surface area contributed by atoms with Crippen LogP contribution in [0, 0.1) is 17.8 Å². The minimum Gasteiger partial charge on any atom is -0.469 e. The third-order valence-electron chi connectivity index (χ3n) is 5.38. The van der Waals surface area contributed by atoms with Crippen LogP contribution in [0.5, 0.6) is 0 Å². The first-order valence-electron chi connectivity index (χ1n) is 12.5. The molecule has 0 bridgehead atoms. The predicted octanol–water partition coefficient (Wildman–Crippen LogP) is 5.60. The van der Waals surface area contributed by atoms with Crippen molar-refractivity contribution < 1.29 is 33.3 Å². The van der Waals surface area contributed by atoms with E-state index in [9.17, 15) is 14.4 Å². The van der Waals surface area contributed by atoms with Gasteiger partial charge in [0.15, 0.2) is 0 Å².